The summed E-state index contributed by atoms with van der Waals surface area (Å²) < 4.78 is 5.81. The van der Waals surface area contributed by atoms with Gasteiger partial charge in [-0.15, -0.1) is 24.0 Å². The Morgan fingerprint density at radius 1 is 1.35 bits per heavy atom. The lowest BCUT2D eigenvalue weighted by Gasteiger charge is -2.27. The summed E-state index contributed by atoms with van der Waals surface area (Å²) in [7, 11) is 0. The van der Waals surface area contributed by atoms with Gasteiger partial charge in [-0.2, -0.15) is 0 Å². The predicted molar refractivity (Wildman–Crippen MR) is 108 cm³/mol. The van der Waals surface area contributed by atoms with Gasteiger partial charge in [0.25, 0.3) is 0 Å². The first kappa shape index (κ1) is 21.0. The highest BCUT2D eigenvalue weighted by atomic mass is 127. The van der Waals surface area contributed by atoms with Crippen LogP contribution in [0, 0.1) is 0 Å². The average molecular weight is 438 g/mol. The van der Waals surface area contributed by atoms with Crippen molar-refractivity contribution in [3.8, 4) is 0 Å². The van der Waals surface area contributed by atoms with Crippen LogP contribution in [0.3, 0.4) is 0 Å². The van der Waals surface area contributed by atoms with Gasteiger partial charge in [0.2, 0.25) is 0 Å². The van der Waals surface area contributed by atoms with Crippen molar-refractivity contribution in [3.63, 3.8) is 0 Å². The first-order valence-corrected chi connectivity index (χ1v) is 8.96. The van der Waals surface area contributed by atoms with Crippen molar-refractivity contribution in [2.45, 2.75) is 71.1 Å². The van der Waals surface area contributed by atoms with Crippen LogP contribution in [-0.2, 0) is 4.74 Å². The standard InChI is InChI=1S/C17H34N4O.HI/c1-5-18-16(20-13-17(4)9-6-12-22-17)19-10-11-21(14(2)3)15-7-8-15;/h14-15H,5-13H2,1-4H3,(H2,18,19,20);1H. The molecule has 136 valence electrons. The van der Waals surface area contributed by atoms with Gasteiger partial charge < -0.3 is 15.4 Å². The number of ether oxygens (including phenoxy) is 1. The lowest BCUT2D eigenvalue weighted by Crippen LogP contribution is -2.44. The fraction of sp³-hybridized carbons (Fsp3) is 0.941. The van der Waals surface area contributed by atoms with E-state index in [1.807, 2.05) is 0 Å². The Hall–Kier alpha value is -0.0800. The molecule has 0 spiro atoms. The van der Waals surface area contributed by atoms with Crippen LogP contribution < -0.4 is 10.6 Å². The third kappa shape index (κ3) is 7.13. The molecule has 2 fully saturated rings. The van der Waals surface area contributed by atoms with E-state index in [0.717, 1.165) is 57.6 Å². The zero-order valence-corrected chi connectivity index (χ0v) is 17.6. The molecule has 0 aromatic rings. The summed E-state index contributed by atoms with van der Waals surface area (Å²) in [6, 6.07) is 1.44. The molecule has 1 atom stereocenters. The molecule has 1 aliphatic heterocycles. The molecule has 0 amide bonds. The van der Waals surface area contributed by atoms with Gasteiger partial charge in [-0.25, -0.2) is 0 Å². The van der Waals surface area contributed by atoms with Gasteiger partial charge in [-0.3, -0.25) is 9.89 Å². The highest BCUT2D eigenvalue weighted by Crippen LogP contribution is 2.28. The lowest BCUT2D eigenvalue weighted by atomic mass is 10.0. The van der Waals surface area contributed by atoms with Crippen molar-refractivity contribution in [1.82, 2.24) is 15.5 Å². The van der Waals surface area contributed by atoms with E-state index in [-0.39, 0.29) is 29.6 Å². The Morgan fingerprint density at radius 2 is 2.09 bits per heavy atom. The van der Waals surface area contributed by atoms with Gasteiger partial charge in [0, 0.05) is 38.3 Å². The molecular formula is C17H35IN4O. The maximum atomic E-state index is 5.81. The van der Waals surface area contributed by atoms with E-state index < -0.39 is 0 Å². The number of halogens is 1. The monoisotopic (exact) mass is 438 g/mol. The Labute approximate surface area is 159 Å². The Balaban J connectivity index is 0.00000264. The molecule has 23 heavy (non-hydrogen) atoms. The second kappa shape index (κ2) is 10.0. The smallest absolute Gasteiger partial charge is 0.191 e. The third-order valence-electron chi connectivity index (χ3n) is 4.56. The van der Waals surface area contributed by atoms with Crippen LogP contribution in [0.1, 0.15) is 53.4 Å². The molecule has 1 heterocycles. The van der Waals surface area contributed by atoms with Crippen LogP contribution >= 0.6 is 24.0 Å². The fourth-order valence-corrected chi connectivity index (χ4v) is 3.12. The molecule has 2 aliphatic rings. The van der Waals surface area contributed by atoms with E-state index in [2.05, 4.69) is 43.2 Å². The number of aliphatic imine (C=N–C) groups is 1. The largest absolute Gasteiger partial charge is 0.373 e. The number of hydrogen-bond acceptors (Lipinski definition) is 3. The van der Waals surface area contributed by atoms with E-state index in [9.17, 15) is 0 Å². The SMILES string of the molecule is CCNC(=NCC1(C)CCCO1)NCCN(C(C)C)C1CC1.I. The van der Waals surface area contributed by atoms with E-state index >= 15 is 0 Å². The molecule has 5 nitrogen and oxygen atoms in total. The lowest BCUT2D eigenvalue weighted by molar-refractivity contribution is 0.0283. The molecule has 2 rings (SSSR count). The normalized spacial score (nSPS) is 24.9. The number of nitrogens with zero attached hydrogens (tertiary/aromatic N) is 2. The molecule has 1 aliphatic carbocycles. The van der Waals surface area contributed by atoms with Crippen LogP contribution in [0.15, 0.2) is 4.99 Å². The Morgan fingerprint density at radius 3 is 2.61 bits per heavy atom. The minimum Gasteiger partial charge on any atom is -0.373 e. The molecular weight excluding hydrogens is 403 g/mol. The number of nitrogens with one attached hydrogen (secondary N) is 2. The van der Waals surface area contributed by atoms with Gasteiger partial charge in [-0.1, -0.05) is 0 Å². The van der Waals surface area contributed by atoms with Crippen molar-refractivity contribution in [3.05, 3.63) is 0 Å². The second-order valence-electron chi connectivity index (χ2n) is 7.09. The number of rotatable bonds is 8. The van der Waals surface area contributed by atoms with Gasteiger partial charge in [0.05, 0.1) is 12.1 Å². The highest BCUT2D eigenvalue weighted by Gasteiger charge is 2.30. The maximum absolute atomic E-state index is 5.81. The predicted octanol–water partition coefficient (Wildman–Crippen LogP) is 2.60. The summed E-state index contributed by atoms with van der Waals surface area (Å²) in [6.45, 7) is 13.4. The third-order valence-corrected chi connectivity index (χ3v) is 4.56. The van der Waals surface area contributed by atoms with Crippen LogP contribution in [0.5, 0.6) is 0 Å². The molecule has 0 bridgehead atoms. The first-order valence-electron chi connectivity index (χ1n) is 8.96. The summed E-state index contributed by atoms with van der Waals surface area (Å²) in [5.41, 5.74) is -0.0691. The maximum Gasteiger partial charge on any atom is 0.191 e. The molecule has 0 radical (unpaired) electrons. The summed E-state index contributed by atoms with van der Waals surface area (Å²) in [4.78, 5) is 7.32. The zero-order valence-electron chi connectivity index (χ0n) is 15.2. The summed E-state index contributed by atoms with van der Waals surface area (Å²) in [6.07, 6.45) is 4.99. The van der Waals surface area contributed by atoms with Crippen LogP contribution in [0.4, 0.5) is 0 Å². The summed E-state index contributed by atoms with van der Waals surface area (Å²) >= 11 is 0. The van der Waals surface area contributed by atoms with Crippen molar-refractivity contribution in [2.24, 2.45) is 4.99 Å². The average Bonchev–Trinajstić information content (AvgIpc) is 3.22. The highest BCUT2D eigenvalue weighted by molar-refractivity contribution is 14.0. The van der Waals surface area contributed by atoms with Crippen molar-refractivity contribution in [1.29, 1.82) is 0 Å². The van der Waals surface area contributed by atoms with Gasteiger partial charge in [0.1, 0.15) is 0 Å². The van der Waals surface area contributed by atoms with Gasteiger partial charge >= 0.3 is 0 Å². The fourth-order valence-electron chi connectivity index (χ4n) is 3.12. The summed E-state index contributed by atoms with van der Waals surface area (Å²) in [5.74, 6) is 0.915. The molecule has 1 unspecified atom stereocenters. The van der Waals surface area contributed by atoms with Gasteiger partial charge in [-0.05, 0) is 53.4 Å². The molecule has 0 aromatic carbocycles. The molecule has 1 saturated carbocycles. The molecule has 0 aromatic heterocycles. The van der Waals surface area contributed by atoms with Crippen molar-refractivity contribution in [2.75, 3.05) is 32.8 Å². The van der Waals surface area contributed by atoms with Crippen molar-refractivity contribution < 1.29 is 4.74 Å². The molecule has 1 saturated heterocycles. The number of hydrogen-bond donors (Lipinski definition) is 2. The zero-order chi connectivity index (χ0) is 16.0. The Bertz CT molecular complexity index is 364. The van der Waals surface area contributed by atoms with Crippen LogP contribution in [0.25, 0.3) is 0 Å². The molecule has 2 N–H and O–H groups in total. The van der Waals surface area contributed by atoms with E-state index in [1.54, 1.807) is 0 Å². The summed E-state index contributed by atoms with van der Waals surface area (Å²) in [5, 5.41) is 6.81. The Kier molecular flexibility index (Phi) is 9.15. The minimum atomic E-state index is -0.0691. The van der Waals surface area contributed by atoms with Crippen LogP contribution in [0.2, 0.25) is 0 Å². The van der Waals surface area contributed by atoms with E-state index in [0.29, 0.717) is 6.04 Å². The topological polar surface area (TPSA) is 48.9 Å². The minimum absolute atomic E-state index is 0. The quantitative estimate of drug-likeness (QED) is 0.348. The molecule has 6 heteroatoms. The van der Waals surface area contributed by atoms with Crippen LogP contribution in [-0.4, -0.2) is 61.3 Å². The number of guanidine groups is 1. The van der Waals surface area contributed by atoms with E-state index in [4.69, 9.17) is 9.73 Å². The second-order valence-corrected chi connectivity index (χ2v) is 7.09. The first-order chi connectivity index (χ1) is 10.5. The van der Waals surface area contributed by atoms with E-state index in [1.165, 1.54) is 12.8 Å². The van der Waals surface area contributed by atoms with Crippen molar-refractivity contribution >= 4 is 29.9 Å². The van der Waals surface area contributed by atoms with Gasteiger partial charge in [0.15, 0.2) is 5.96 Å².